The van der Waals surface area contributed by atoms with Crippen LogP contribution in [0.3, 0.4) is 0 Å². The molecule has 28 heavy (non-hydrogen) atoms. The number of likely N-dealkylation sites (tertiary alicyclic amines) is 1. The summed E-state index contributed by atoms with van der Waals surface area (Å²) < 4.78 is 12.5. The summed E-state index contributed by atoms with van der Waals surface area (Å²) in [6, 6.07) is 5.89. The van der Waals surface area contributed by atoms with Crippen LogP contribution in [0, 0.1) is 12.8 Å². The van der Waals surface area contributed by atoms with Crippen LogP contribution in [0.4, 0.5) is 0 Å². The van der Waals surface area contributed by atoms with Gasteiger partial charge in [0.2, 0.25) is 10.8 Å². The van der Waals surface area contributed by atoms with Gasteiger partial charge < -0.3 is 14.6 Å². The molecule has 2 atom stereocenters. The van der Waals surface area contributed by atoms with Gasteiger partial charge in [-0.25, -0.2) is 4.98 Å². The van der Waals surface area contributed by atoms with E-state index in [2.05, 4.69) is 21.9 Å². The Morgan fingerprint density at radius 1 is 1.25 bits per heavy atom. The summed E-state index contributed by atoms with van der Waals surface area (Å²) >= 11 is 1.49. The van der Waals surface area contributed by atoms with Crippen LogP contribution < -0.4 is 9.47 Å². The van der Waals surface area contributed by atoms with Crippen LogP contribution in [-0.4, -0.2) is 51.9 Å². The molecular weight excluding hydrogens is 376 g/mol. The molecule has 7 nitrogen and oxygen atoms in total. The Labute approximate surface area is 168 Å². The molecule has 1 saturated heterocycles. The molecule has 1 N–H and O–H groups in total. The molecule has 0 saturated carbocycles. The summed E-state index contributed by atoms with van der Waals surface area (Å²) in [4.78, 5) is 8.44. The molecule has 3 heterocycles. The molecule has 2 unspecified atom stereocenters. The first-order chi connectivity index (χ1) is 13.5. The first-order valence-corrected chi connectivity index (χ1v) is 10.3. The molecule has 4 rings (SSSR count). The van der Waals surface area contributed by atoms with Crippen LogP contribution in [0.25, 0.3) is 4.96 Å². The van der Waals surface area contributed by atoms with E-state index in [1.165, 1.54) is 22.3 Å². The number of aromatic nitrogens is 3. The molecule has 0 radical (unpaired) electrons. The van der Waals surface area contributed by atoms with Gasteiger partial charge in [-0.15, -0.1) is 5.10 Å². The summed E-state index contributed by atoms with van der Waals surface area (Å²) in [5.74, 6) is 2.81. The predicted molar refractivity (Wildman–Crippen MR) is 109 cm³/mol. The van der Waals surface area contributed by atoms with Crippen molar-refractivity contribution in [2.45, 2.75) is 32.7 Å². The average Bonchev–Trinajstić information content (AvgIpc) is 3.19. The zero-order chi connectivity index (χ0) is 19.8. The number of ether oxygens (including phenoxy) is 2. The Morgan fingerprint density at radius 3 is 2.71 bits per heavy atom. The Kier molecular flexibility index (Phi) is 5.16. The molecule has 8 heteroatoms. The molecule has 1 aliphatic heterocycles. The molecule has 1 fully saturated rings. The molecular formula is C20H26N4O3S. The molecule has 0 bridgehead atoms. The number of hydrogen-bond acceptors (Lipinski definition) is 7. The second kappa shape index (κ2) is 7.60. The van der Waals surface area contributed by atoms with Gasteiger partial charge in [-0.2, -0.15) is 4.52 Å². The highest BCUT2D eigenvalue weighted by Gasteiger charge is 2.32. The fraction of sp³-hybridized carbons (Fsp3) is 0.500. The van der Waals surface area contributed by atoms with Crippen molar-refractivity contribution in [3.63, 3.8) is 0 Å². The van der Waals surface area contributed by atoms with Crippen molar-refractivity contribution in [3.8, 4) is 17.4 Å². The van der Waals surface area contributed by atoms with E-state index in [-0.39, 0.29) is 11.9 Å². The van der Waals surface area contributed by atoms with Crippen LogP contribution in [0.1, 0.15) is 42.1 Å². The van der Waals surface area contributed by atoms with Crippen molar-refractivity contribution in [2.24, 2.45) is 5.92 Å². The van der Waals surface area contributed by atoms with Crippen molar-refractivity contribution in [2.75, 3.05) is 27.3 Å². The third-order valence-electron chi connectivity index (χ3n) is 5.33. The van der Waals surface area contributed by atoms with E-state index >= 15 is 0 Å². The SMILES string of the molecule is COc1ccc(C(c2sc3nc(C)nn3c2O)N2CCCC(C)C2)cc1OC. The number of nitrogens with zero attached hydrogens (tertiary/aromatic N) is 4. The lowest BCUT2D eigenvalue weighted by molar-refractivity contribution is 0.149. The molecule has 0 spiro atoms. The minimum atomic E-state index is -0.0867. The number of methoxy groups -OCH3 is 2. The summed E-state index contributed by atoms with van der Waals surface area (Å²) in [6.07, 6.45) is 2.38. The van der Waals surface area contributed by atoms with Gasteiger partial charge in [0, 0.05) is 6.54 Å². The second-order valence-corrected chi connectivity index (χ2v) is 8.41. The maximum atomic E-state index is 10.9. The smallest absolute Gasteiger partial charge is 0.230 e. The summed E-state index contributed by atoms with van der Waals surface area (Å²) in [6.45, 7) is 6.07. The normalized spacial score (nSPS) is 19.1. The Hall–Kier alpha value is -2.32. The summed E-state index contributed by atoms with van der Waals surface area (Å²) in [5, 5.41) is 15.3. The van der Waals surface area contributed by atoms with Crippen LogP contribution >= 0.6 is 11.3 Å². The van der Waals surface area contributed by atoms with E-state index in [1.807, 2.05) is 25.1 Å². The van der Waals surface area contributed by atoms with Gasteiger partial charge in [-0.3, -0.25) is 4.90 Å². The number of thiazole rings is 1. The number of fused-ring (bicyclic) bond motifs is 1. The number of piperidine rings is 1. The number of hydrogen-bond donors (Lipinski definition) is 1. The van der Waals surface area contributed by atoms with E-state index in [4.69, 9.17) is 9.47 Å². The van der Waals surface area contributed by atoms with Crippen molar-refractivity contribution in [1.29, 1.82) is 0 Å². The first kappa shape index (κ1) is 19.0. The van der Waals surface area contributed by atoms with Crippen LogP contribution in [0.2, 0.25) is 0 Å². The van der Waals surface area contributed by atoms with Gasteiger partial charge in [0.1, 0.15) is 5.82 Å². The van der Waals surface area contributed by atoms with Crippen molar-refractivity contribution < 1.29 is 14.6 Å². The Balaban J connectivity index is 1.84. The van der Waals surface area contributed by atoms with Gasteiger partial charge in [-0.05, 0) is 49.9 Å². The van der Waals surface area contributed by atoms with Crippen LogP contribution in [0.5, 0.6) is 17.4 Å². The molecule has 0 amide bonds. The molecule has 1 aromatic carbocycles. The number of benzene rings is 1. The minimum absolute atomic E-state index is 0.0867. The van der Waals surface area contributed by atoms with Gasteiger partial charge in [0.05, 0.1) is 25.1 Å². The van der Waals surface area contributed by atoms with E-state index in [1.54, 1.807) is 14.2 Å². The third kappa shape index (κ3) is 3.31. The van der Waals surface area contributed by atoms with Crippen molar-refractivity contribution in [1.82, 2.24) is 19.5 Å². The molecule has 0 aliphatic carbocycles. The van der Waals surface area contributed by atoms with E-state index < -0.39 is 0 Å². The number of aromatic hydroxyl groups is 1. The van der Waals surface area contributed by atoms with Gasteiger partial charge in [0.15, 0.2) is 11.5 Å². The highest BCUT2D eigenvalue weighted by Crippen LogP contribution is 2.43. The Morgan fingerprint density at radius 2 is 2.04 bits per heavy atom. The van der Waals surface area contributed by atoms with Crippen LogP contribution in [0.15, 0.2) is 18.2 Å². The fourth-order valence-electron chi connectivity index (χ4n) is 4.04. The topological polar surface area (TPSA) is 72.1 Å². The van der Waals surface area contributed by atoms with Crippen molar-refractivity contribution >= 4 is 16.3 Å². The summed E-state index contributed by atoms with van der Waals surface area (Å²) in [5.41, 5.74) is 1.06. The predicted octanol–water partition coefficient (Wildman–Crippen LogP) is 3.64. The molecule has 1 aliphatic rings. The monoisotopic (exact) mass is 402 g/mol. The zero-order valence-corrected chi connectivity index (χ0v) is 17.5. The first-order valence-electron chi connectivity index (χ1n) is 9.52. The lowest BCUT2D eigenvalue weighted by atomic mass is 9.95. The maximum absolute atomic E-state index is 10.9. The van der Waals surface area contributed by atoms with E-state index in [0.717, 1.165) is 30.0 Å². The third-order valence-corrected chi connectivity index (χ3v) is 6.40. The second-order valence-electron chi connectivity index (χ2n) is 7.40. The fourth-order valence-corrected chi connectivity index (χ4v) is 5.20. The van der Waals surface area contributed by atoms with Crippen LogP contribution in [-0.2, 0) is 0 Å². The van der Waals surface area contributed by atoms with E-state index in [9.17, 15) is 5.11 Å². The van der Waals surface area contributed by atoms with E-state index in [0.29, 0.717) is 28.2 Å². The standard InChI is InChI=1S/C20H26N4O3S/c1-12-6-5-9-23(11-12)17(14-7-8-15(26-3)16(10-14)27-4)18-19(25)24-20(28-18)21-13(2)22-24/h7-8,10,12,17,25H,5-6,9,11H2,1-4H3. The maximum Gasteiger partial charge on any atom is 0.230 e. The molecule has 2 aromatic heterocycles. The summed E-state index contributed by atoms with van der Waals surface area (Å²) in [7, 11) is 3.28. The lowest BCUT2D eigenvalue weighted by Crippen LogP contribution is -2.37. The van der Waals surface area contributed by atoms with Gasteiger partial charge >= 0.3 is 0 Å². The average molecular weight is 403 g/mol. The highest BCUT2D eigenvalue weighted by molar-refractivity contribution is 7.17. The molecule has 3 aromatic rings. The van der Waals surface area contributed by atoms with Crippen molar-refractivity contribution in [3.05, 3.63) is 34.5 Å². The largest absolute Gasteiger partial charge is 0.493 e. The quantitative estimate of drug-likeness (QED) is 0.702. The van der Waals surface area contributed by atoms with Gasteiger partial charge in [0.25, 0.3) is 0 Å². The number of rotatable bonds is 5. The Bertz CT molecular complexity index is 983. The molecule has 150 valence electrons. The zero-order valence-electron chi connectivity index (χ0n) is 16.7. The highest BCUT2D eigenvalue weighted by atomic mass is 32.1. The lowest BCUT2D eigenvalue weighted by Gasteiger charge is -2.37. The van der Waals surface area contributed by atoms with Gasteiger partial charge in [-0.1, -0.05) is 24.3 Å². The minimum Gasteiger partial charge on any atom is -0.493 e. The number of aryl methyl sites for hydroxylation is 1.